The van der Waals surface area contributed by atoms with Crippen LogP contribution in [0, 0.1) is 5.41 Å². The molecule has 8 heteroatoms. The molecule has 0 radical (unpaired) electrons. The van der Waals surface area contributed by atoms with Crippen LogP contribution in [0.15, 0.2) is 54.6 Å². The maximum absolute atomic E-state index is 13.1. The Morgan fingerprint density at radius 1 is 1.00 bits per heavy atom. The number of methoxy groups -OCH3 is 1. The Kier molecular flexibility index (Phi) is 17.9. The van der Waals surface area contributed by atoms with Gasteiger partial charge in [0.1, 0.15) is 17.8 Å². The highest BCUT2D eigenvalue weighted by molar-refractivity contribution is 5.98. The first-order valence-corrected chi connectivity index (χ1v) is 15.7. The van der Waals surface area contributed by atoms with Gasteiger partial charge in [0.2, 0.25) is 5.91 Å². The van der Waals surface area contributed by atoms with E-state index in [0.29, 0.717) is 19.4 Å². The molecule has 1 aliphatic heterocycles. The van der Waals surface area contributed by atoms with Gasteiger partial charge in [-0.25, -0.2) is 4.79 Å². The molecule has 2 unspecified atom stereocenters. The summed E-state index contributed by atoms with van der Waals surface area (Å²) >= 11 is 0. The number of likely N-dealkylation sites (tertiary alicyclic amines) is 1. The van der Waals surface area contributed by atoms with Crippen molar-refractivity contribution in [3.8, 4) is 5.75 Å². The second kappa shape index (κ2) is 20.5. The molecule has 240 valence electrons. The normalized spacial score (nSPS) is 14.9. The highest BCUT2D eigenvalue weighted by Crippen LogP contribution is 2.26. The number of phenols is 1. The summed E-state index contributed by atoms with van der Waals surface area (Å²) in [6.07, 6.45) is 7.79. The molecule has 2 atom stereocenters. The van der Waals surface area contributed by atoms with Crippen molar-refractivity contribution in [2.24, 2.45) is 5.41 Å². The summed E-state index contributed by atoms with van der Waals surface area (Å²) in [5.74, 6) is -1.23. The van der Waals surface area contributed by atoms with Crippen LogP contribution in [0.5, 0.6) is 5.75 Å². The predicted octanol–water partition coefficient (Wildman–Crippen LogP) is 6.90. The van der Waals surface area contributed by atoms with Gasteiger partial charge in [-0.1, -0.05) is 104 Å². The van der Waals surface area contributed by atoms with E-state index in [1.54, 1.807) is 12.1 Å². The van der Waals surface area contributed by atoms with Gasteiger partial charge in [0.05, 0.1) is 13.7 Å². The van der Waals surface area contributed by atoms with E-state index in [1.807, 2.05) is 40.7 Å². The topological polar surface area (TPSA) is 105 Å². The van der Waals surface area contributed by atoms with Gasteiger partial charge in [0.25, 0.3) is 5.91 Å². The van der Waals surface area contributed by atoms with Crippen LogP contribution in [0.2, 0.25) is 0 Å². The second-order valence-corrected chi connectivity index (χ2v) is 11.5. The molecule has 0 bridgehead atoms. The minimum Gasteiger partial charge on any atom is -0.508 e. The summed E-state index contributed by atoms with van der Waals surface area (Å²) in [6.45, 7) is 13.9. The number of esters is 1. The van der Waals surface area contributed by atoms with E-state index in [1.165, 1.54) is 61.8 Å². The van der Waals surface area contributed by atoms with Crippen molar-refractivity contribution in [2.75, 3.05) is 20.3 Å². The zero-order valence-corrected chi connectivity index (χ0v) is 27.4. The number of benzene rings is 2. The molecule has 1 saturated heterocycles. The zero-order chi connectivity index (χ0) is 32.3. The number of carbonyl (C=O) groups excluding carboxylic acids is 3. The van der Waals surface area contributed by atoms with E-state index < -0.39 is 29.4 Å². The fourth-order valence-electron chi connectivity index (χ4n) is 4.66. The Balaban J connectivity index is 0.000000462. The largest absolute Gasteiger partial charge is 0.508 e. The van der Waals surface area contributed by atoms with E-state index in [2.05, 4.69) is 36.5 Å². The number of nitrogens with zero attached hydrogens (tertiary/aromatic N) is 1. The quantitative estimate of drug-likeness (QED) is 0.203. The van der Waals surface area contributed by atoms with Gasteiger partial charge in [-0.2, -0.15) is 0 Å². The van der Waals surface area contributed by atoms with E-state index in [9.17, 15) is 19.5 Å². The third kappa shape index (κ3) is 13.6. The maximum atomic E-state index is 13.1. The first-order valence-electron chi connectivity index (χ1n) is 15.7. The van der Waals surface area contributed by atoms with Crippen molar-refractivity contribution >= 4 is 17.8 Å². The van der Waals surface area contributed by atoms with Crippen LogP contribution in [0.1, 0.15) is 102 Å². The van der Waals surface area contributed by atoms with Crippen molar-refractivity contribution < 1.29 is 29.0 Å². The van der Waals surface area contributed by atoms with Crippen molar-refractivity contribution in [2.45, 2.75) is 105 Å². The molecule has 2 amide bonds. The molecule has 0 aromatic heterocycles. The van der Waals surface area contributed by atoms with Crippen molar-refractivity contribution in [3.05, 3.63) is 65.7 Å². The molecule has 0 aliphatic carbocycles. The highest BCUT2D eigenvalue weighted by atomic mass is 16.5. The lowest BCUT2D eigenvalue weighted by Crippen LogP contribution is -2.56. The molecule has 1 aliphatic rings. The van der Waals surface area contributed by atoms with Crippen LogP contribution in [0.4, 0.5) is 0 Å². The molecule has 1 fully saturated rings. The number of amides is 2. The molecular formula is C35H54N2O6. The third-order valence-corrected chi connectivity index (χ3v) is 7.01. The smallest absolute Gasteiger partial charge is 0.328 e. The lowest BCUT2D eigenvalue weighted by atomic mass is 9.85. The first kappa shape index (κ1) is 37.6. The Morgan fingerprint density at radius 2 is 1.67 bits per heavy atom. The summed E-state index contributed by atoms with van der Waals surface area (Å²) in [5, 5.41) is 12.3. The molecule has 2 aromatic rings. The van der Waals surface area contributed by atoms with Crippen molar-refractivity contribution in [1.82, 2.24) is 10.2 Å². The molecule has 3 rings (SSSR count). The SMILES string of the molecule is CC.CCCCCCCOCc1ccccc1.COC(=O)C1CCCN1C(=O)C(NC(=O)c1cccc(O)c1)C(C)(C)C. The average Bonchev–Trinajstić information content (AvgIpc) is 3.50. The van der Waals surface area contributed by atoms with Gasteiger partial charge >= 0.3 is 5.97 Å². The van der Waals surface area contributed by atoms with Crippen LogP contribution in [-0.4, -0.2) is 60.1 Å². The summed E-state index contributed by atoms with van der Waals surface area (Å²) in [6, 6.07) is 14.9. The van der Waals surface area contributed by atoms with Crippen molar-refractivity contribution in [1.29, 1.82) is 0 Å². The molecule has 0 saturated carbocycles. The van der Waals surface area contributed by atoms with E-state index in [-0.39, 0.29) is 17.2 Å². The lowest BCUT2D eigenvalue weighted by molar-refractivity contribution is -0.152. The fraction of sp³-hybridized carbons (Fsp3) is 0.571. The standard InChI is InChI=1S/C19H26N2O5.C14H22O.C2H6/c1-19(2,3)15(20-16(23)12-7-5-8-13(22)11-12)17(24)21-10-6-9-14(21)18(25)26-4;1-2-3-4-5-9-12-15-13-14-10-7-6-8-11-14;1-2/h5,7-8,11,14-15,22H,6,9-10H2,1-4H3,(H,20,23);6-8,10-11H,2-5,9,12-13H2,1H3;1-2H3. The molecule has 0 spiro atoms. The number of rotatable bonds is 12. The van der Waals surface area contributed by atoms with Gasteiger partial charge in [-0.05, 0) is 48.4 Å². The Bertz CT molecular complexity index is 1080. The number of phenolic OH excluding ortho intramolecular Hbond substituents is 1. The number of nitrogens with one attached hydrogen (secondary N) is 1. The number of ether oxygens (including phenoxy) is 2. The molecule has 8 nitrogen and oxygen atoms in total. The average molecular weight is 599 g/mol. The van der Waals surface area contributed by atoms with Crippen LogP contribution in [0.25, 0.3) is 0 Å². The number of aromatic hydroxyl groups is 1. The van der Waals surface area contributed by atoms with Crippen LogP contribution < -0.4 is 5.32 Å². The van der Waals surface area contributed by atoms with Gasteiger partial charge in [0, 0.05) is 18.7 Å². The maximum Gasteiger partial charge on any atom is 0.328 e. The third-order valence-electron chi connectivity index (χ3n) is 7.01. The summed E-state index contributed by atoms with van der Waals surface area (Å²) < 4.78 is 10.4. The van der Waals surface area contributed by atoms with Crippen LogP contribution in [0.3, 0.4) is 0 Å². The first-order chi connectivity index (χ1) is 20.6. The molecular weight excluding hydrogens is 544 g/mol. The number of carbonyl (C=O) groups is 3. The monoisotopic (exact) mass is 598 g/mol. The van der Waals surface area contributed by atoms with E-state index in [4.69, 9.17) is 9.47 Å². The van der Waals surface area contributed by atoms with E-state index in [0.717, 1.165) is 13.2 Å². The Labute approximate surface area is 259 Å². The van der Waals surface area contributed by atoms with Gasteiger partial charge in [-0.15, -0.1) is 0 Å². The van der Waals surface area contributed by atoms with Gasteiger partial charge in [-0.3, -0.25) is 9.59 Å². The Hall–Kier alpha value is -3.39. The molecule has 2 aromatic carbocycles. The van der Waals surface area contributed by atoms with Crippen molar-refractivity contribution in [3.63, 3.8) is 0 Å². The summed E-state index contributed by atoms with van der Waals surface area (Å²) in [7, 11) is 1.30. The van der Waals surface area contributed by atoms with E-state index >= 15 is 0 Å². The Morgan fingerprint density at radius 3 is 2.28 bits per heavy atom. The number of hydrogen-bond donors (Lipinski definition) is 2. The second-order valence-electron chi connectivity index (χ2n) is 11.5. The highest BCUT2D eigenvalue weighted by Gasteiger charge is 2.42. The molecule has 43 heavy (non-hydrogen) atoms. The van der Waals surface area contributed by atoms with Crippen LogP contribution >= 0.6 is 0 Å². The fourth-order valence-corrected chi connectivity index (χ4v) is 4.66. The van der Waals surface area contributed by atoms with Gasteiger partial charge in [0.15, 0.2) is 0 Å². The number of hydrogen-bond acceptors (Lipinski definition) is 6. The number of unbranched alkanes of at least 4 members (excludes halogenated alkanes) is 4. The van der Waals surface area contributed by atoms with Crippen LogP contribution in [-0.2, 0) is 25.7 Å². The predicted molar refractivity (Wildman–Crippen MR) is 172 cm³/mol. The summed E-state index contributed by atoms with van der Waals surface area (Å²) in [4.78, 5) is 39.1. The lowest BCUT2D eigenvalue weighted by Gasteiger charge is -2.35. The molecule has 1 heterocycles. The van der Waals surface area contributed by atoms with Gasteiger partial charge < -0.3 is 24.8 Å². The minimum absolute atomic E-state index is 0.0263. The zero-order valence-electron chi connectivity index (χ0n) is 27.4. The minimum atomic E-state index is -0.817. The summed E-state index contributed by atoms with van der Waals surface area (Å²) in [5.41, 5.74) is 0.969. The molecule has 2 N–H and O–H groups in total.